The SMILES string of the molecule is Cc1c(Cl)cccc1-c1cn([C@@H]2CCC[C@H]2S(C)(=O)=O)nn1. The minimum absolute atomic E-state index is 0.129. The molecule has 0 N–H and O–H groups in total. The van der Waals surface area contributed by atoms with Crippen LogP contribution in [-0.2, 0) is 9.84 Å². The van der Waals surface area contributed by atoms with Gasteiger partial charge in [-0.15, -0.1) is 5.10 Å². The fraction of sp³-hybridized carbons (Fsp3) is 0.467. The zero-order chi connectivity index (χ0) is 15.9. The number of aromatic nitrogens is 3. The lowest BCUT2D eigenvalue weighted by Crippen LogP contribution is -2.27. The highest BCUT2D eigenvalue weighted by Gasteiger charge is 2.36. The molecule has 2 atom stereocenters. The van der Waals surface area contributed by atoms with Crippen LogP contribution < -0.4 is 0 Å². The summed E-state index contributed by atoms with van der Waals surface area (Å²) >= 11 is 6.15. The maximum Gasteiger partial charge on any atom is 0.152 e. The summed E-state index contributed by atoms with van der Waals surface area (Å²) in [5, 5.41) is 8.69. The van der Waals surface area contributed by atoms with Crippen molar-refractivity contribution in [1.29, 1.82) is 0 Å². The van der Waals surface area contributed by atoms with Gasteiger partial charge in [0, 0.05) is 16.8 Å². The maximum atomic E-state index is 11.9. The van der Waals surface area contributed by atoms with Gasteiger partial charge in [-0.3, -0.25) is 0 Å². The summed E-state index contributed by atoms with van der Waals surface area (Å²) in [4.78, 5) is 0. The maximum absolute atomic E-state index is 11.9. The Labute approximate surface area is 135 Å². The molecule has 3 rings (SSSR count). The molecular weight excluding hydrogens is 322 g/mol. The van der Waals surface area contributed by atoms with Gasteiger partial charge in [0.15, 0.2) is 9.84 Å². The van der Waals surface area contributed by atoms with Gasteiger partial charge in [0.25, 0.3) is 0 Å². The first kappa shape index (κ1) is 15.5. The van der Waals surface area contributed by atoms with Crippen molar-refractivity contribution >= 4 is 21.4 Å². The zero-order valence-electron chi connectivity index (χ0n) is 12.5. The van der Waals surface area contributed by atoms with E-state index < -0.39 is 9.84 Å². The van der Waals surface area contributed by atoms with E-state index in [1.54, 1.807) is 4.68 Å². The van der Waals surface area contributed by atoms with Gasteiger partial charge in [-0.2, -0.15) is 0 Å². The normalized spacial score (nSPS) is 22.1. The summed E-state index contributed by atoms with van der Waals surface area (Å²) < 4.78 is 25.5. The molecule has 0 spiro atoms. The third kappa shape index (κ3) is 2.77. The highest BCUT2D eigenvalue weighted by Crippen LogP contribution is 2.35. The predicted octanol–water partition coefficient (Wildman–Crippen LogP) is 3.05. The van der Waals surface area contributed by atoms with Gasteiger partial charge in [-0.1, -0.05) is 28.9 Å². The van der Waals surface area contributed by atoms with Crippen molar-refractivity contribution < 1.29 is 8.42 Å². The first-order chi connectivity index (χ1) is 10.4. The van der Waals surface area contributed by atoms with Crippen LogP contribution >= 0.6 is 11.6 Å². The molecule has 1 heterocycles. The molecule has 1 aromatic heterocycles. The molecule has 0 radical (unpaired) electrons. The summed E-state index contributed by atoms with van der Waals surface area (Å²) in [6.07, 6.45) is 5.53. The largest absolute Gasteiger partial charge is 0.248 e. The molecule has 1 saturated carbocycles. The first-order valence-electron chi connectivity index (χ1n) is 7.24. The van der Waals surface area contributed by atoms with Crippen LogP contribution in [0.1, 0.15) is 30.9 Å². The fourth-order valence-corrected chi connectivity index (χ4v) is 4.76. The first-order valence-corrected chi connectivity index (χ1v) is 9.57. The number of sulfone groups is 1. The Hall–Kier alpha value is -1.40. The predicted molar refractivity (Wildman–Crippen MR) is 86.7 cm³/mol. The summed E-state index contributed by atoms with van der Waals surface area (Å²) in [7, 11) is -3.08. The summed E-state index contributed by atoms with van der Waals surface area (Å²) in [5.41, 5.74) is 2.59. The van der Waals surface area contributed by atoms with E-state index >= 15 is 0 Å². The van der Waals surface area contributed by atoms with Crippen molar-refractivity contribution in [2.45, 2.75) is 37.5 Å². The van der Waals surface area contributed by atoms with Crippen LogP contribution in [0.3, 0.4) is 0 Å². The zero-order valence-corrected chi connectivity index (χ0v) is 14.1. The Balaban J connectivity index is 1.96. The number of hydrogen-bond acceptors (Lipinski definition) is 4. The van der Waals surface area contributed by atoms with Crippen molar-refractivity contribution in [2.24, 2.45) is 0 Å². The smallest absolute Gasteiger partial charge is 0.152 e. The van der Waals surface area contributed by atoms with Crippen LogP contribution in [0, 0.1) is 6.92 Å². The van der Waals surface area contributed by atoms with Gasteiger partial charge in [0.1, 0.15) is 5.69 Å². The molecule has 22 heavy (non-hydrogen) atoms. The van der Waals surface area contributed by atoms with Crippen LogP contribution in [-0.4, -0.2) is 34.9 Å². The highest BCUT2D eigenvalue weighted by molar-refractivity contribution is 7.91. The third-order valence-corrected chi connectivity index (χ3v) is 6.42. The van der Waals surface area contributed by atoms with Crippen LogP contribution in [0.15, 0.2) is 24.4 Å². The van der Waals surface area contributed by atoms with Crippen molar-refractivity contribution in [3.8, 4) is 11.3 Å². The molecule has 118 valence electrons. The summed E-state index contributed by atoms with van der Waals surface area (Å²) in [6, 6.07) is 5.52. The van der Waals surface area contributed by atoms with Crippen LogP contribution in [0.4, 0.5) is 0 Å². The Kier molecular flexibility index (Phi) is 3.99. The van der Waals surface area contributed by atoms with Crippen LogP contribution in [0.5, 0.6) is 0 Å². The molecule has 2 aromatic rings. The molecule has 1 aliphatic rings. The van der Waals surface area contributed by atoms with Gasteiger partial charge < -0.3 is 0 Å². The second-order valence-corrected chi connectivity index (χ2v) is 8.53. The molecule has 7 heteroatoms. The van der Waals surface area contributed by atoms with E-state index in [4.69, 9.17) is 11.6 Å². The summed E-state index contributed by atoms with van der Waals surface area (Å²) in [6.45, 7) is 1.94. The minimum atomic E-state index is -3.08. The molecule has 1 aliphatic carbocycles. The van der Waals surface area contributed by atoms with E-state index in [1.807, 2.05) is 31.3 Å². The van der Waals surface area contributed by atoms with Gasteiger partial charge in [0.05, 0.1) is 17.5 Å². The molecule has 0 amide bonds. The fourth-order valence-electron chi connectivity index (χ4n) is 3.16. The number of benzene rings is 1. The molecular formula is C15H18ClN3O2S. The van der Waals surface area contributed by atoms with E-state index in [1.165, 1.54) is 6.26 Å². The Morgan fingerprint density at radius 3 is 2.82 bits per heavy atom. The summed E-state index contributed by atoms with van der Waals surface area (Å²) in [5.74, 6) is 0. The van der Waals surface area contributed by atoms with Gasteiger partial charge in [0.2, 0.25) is 0 Å². The second kappa shape index (κ2) is 5.66. The van der Waals surface area contributed by atoms with Crippen LogP contribution in [0.25, 0.3) is 11.3 Å². The number of halogens is 1. The minimum Gasteiger partial charge on any atom is -0.248 e. The quantitative estimate of drug-likeness (QED) is 0.862. The van der Waals surface area contributed by atoms with E-state index in [0.717, 1.165) is 29.7 Å². The molecule has 0 aliphatic heterocycles. The molecule has 1 aromatic carbocycles. The number of rotatable bonds is 3. The third-order valence-electron chi connectivity index (χ3n) is 4.36. The molecule has 0 saturated heterocycles. The molecule has 0 bridgehead atoms. The lowest BCUT2D eigenvalue weighted by atomic mass is 10.1. The Morgan fingerprint density at radius 1 is 1.32 bits per heavy atom. The Morgan fingerprint density at radius 2 is 2.09 bits per heavy atom. The van der Waals surface area contributed by atoms with Gasteiger partial charge >= 0.3 is 0 Å². The average Bonchev–Trinajstić information content (AvgIpc) is 3.08. The van der Waals surface area contributed by atoms with E-state index in [0.29, 0.717) is 11.4 Å². The van der Waals surface area contributed by atoms with Crippen molar-refractivity contribution in [3.05, 3.63) is 35.0 Å². The van der Waals surface area contributed by atoms with E-state index in [-0.39, 0.29) is 11.3 Å². The van der Waals surface area contributed by atoms with Crippen molar-refractivity contribution in [2.75, 3.05) is 6.26 Å². The molecule has 5 nitrogen and oxygen atoms in total. The number of nitrogens with zero attached hydrogens (tertiary/aromatic N) is 3. The second-order valence-electron chi connectivity index (χ2n) is 5.86. The van der Waals surface area contributed by atoms with Gasteiger partial charge in [-0.05, 0) is 37.8 Å². The average molecular weight is 340 g/mol. The topological polar surface area (TPSA) is 64.8 Å². The van der Waals surface area contributed by atoms with E-state index in [9.17, 15) is 8.42 Å². The number of hydrogen-bond donors (Lipinski definition) is 0. The van der Waals surface area contributed by atoms with Crippen LogP contribution in [0.2, 0.25) is 5.02 Å². The lowest BCUT2D eigenvalue weighted by Gasteiger charge is -2.17. The van der Waals surface area contributed by atoms with Crippen molar-refractivity contribution in [1.82, 2.24) is 15.0 Å². The van der Waals surface area contributed by atoms with Gasteiger partial charge in [-0.25, -0.2) is 13.1 Å². The Bertz CT molecular complexity index is 801. The lowest BCUT2D eigenvalue weighted by molar-refractivity contribution is 0.447. The molecule has 0 unspecified atom stereocenters. The van der Waals surface area contributed by atoms with E-state index in [2.05, 4.69) is 10.3 Å². The monoisotopic (exact) mass is 339 g/mol. The van der Waals surface area contributed by atoms with Crippen molar-refractivity contribution in [3.63, 3.8) is 0 Å². The molecule has 1 fully saturated rings. The highest BCUT2D eigenvalue weighted by atomic mass is 35.5. The standard InChI is InChI=1S/C15H18ClN3O2S/c1-10-11(5-3-6-12(10)16)13-9-19(18-17-13)14-7-4-8-15(14)22(2,20)21/h3,5-6,9,14-15H,4,7-8H2,1-2H3/t14-,15-/m1/s1.